The van der Waals surface area contributed by atoms with Gasteiger partial charge in [-0.15, -0.1) is 11.3 Å². The number of ether oxygens (including phenoxy) is 1. The number of hydrogen-bond acceptors (Lipinski definition) is 4. The maximum absolute atomic E-state index is 5.29. The zero-order chi connectivity index (χ0) is 14.8. The third kappa shape index (κ3) is 3.19. The van der Waals surface area contributed by atoms with Crippen molar-refractivity contribution in [2.24, 2.45) is 0 Å². The number of thiazole rings is 1. The highest BCUT2D eigenvalue weighted by Crippen LogP contribution is 2.35. The summed E-state index contributed by atoms with van der Waals surface area (Å²) in [5.41, 5.74) is 2.34. The molecule has 0 bridgehead atoms. The molecule has 0 fully saturated rings. The van der Waals surface area contributed by atoms with Crippen molar-refractivity contribution in [2.45, 2.75) is 32.7 Å². The van der Waals surface area contributed by atoms with Crippen LogP contribution in [0.3, 0.4) is 0 Å². The number of aromatic nitrogens is 1. The summed E-state index contributed by atoms with van der Waals surface area (Å²) in [5, 5.41) is 4.28. The van der Waals surface area contributed by atoms with E-state index < -0.39 is 0 Å². The van der Waals surface area contributed by atoms with Crippen molar-refractivity contribution in [3.8, 4) is 16.3 Å². The molecule has 1 aromatic heterocycles. The van der Waals surface area contributed by atoms with Gasteiger partial charge in [-0.25, -0.2) is 4.98 Å². The Bertz CT molecular complexity index is 584. The van der Waals surface area contributed by atoms with Crippen LogP contribution in [0.1, 0.15) is 31.3 Å². The summed E-state index contributed by atoms with van der Waals surface area (Å²) < 4.78 is 5.29. The van der Waals surface area contributed by atoms with Crippen LogP contribution in [0.15, 0.2) is 24.3 Å². The van der Waals surface area contributed by atoms with Crippen molar-refractivity contribution in [2.75, 3.05) is 14.2 Å². The minimum absolute atomic E-state index is 0.0554. The van der Waals surface area contributed by atoms with Gasteiger partial charge in [0.25, 0.3) is 0 Å². The first-order valence-electron chi connectivity index (χ1n) is 6.75. The molecule has 0 saturated carbocycles. The first kappa shape index (κ1) is 15.0. The van der Waals surface area contributed by atoms with Gasteiger partial charge < -0.3 is 10.1 Å². The fourth-order valence-corrected chi connectivity index (χ4v) is 3.38. The number of benzene rings is 1. The lowest BCUT2D eigenvalue weighted by molar-refractivity contribution is 0.415. The Kier molecular flexibility index (Phi) is 4.45. The van der Waals surface area contributed by atoms with Crippen LogP contribution in [0.2, 0.25) is 0 Å². The van der Waals surface area contributed by atoms with E-state index in [-0.39, 0.29) is 5.41 Å². The molecule has 0 amide bonds. The molecule has 20 heavy (non-hydrogen) atoms. The number of nitrogens with zero attached hydrogens (tertiary/aromatic N) is 1. The summed E-state index contributed by atoms with van der Waals surface area (Å²) in [6.07, 6.45) is 0. The molecular weight excluding hydrogens is 268 g/mol. The lowest BCUT2D eigenvalue weighted by atomic mass is 9.91. The monoisotopic (exact) mass is 290 g/mol. The van der Waals surface area contributed by atoms with Gasteiger partial charge >= 0.3 is 0 Å². The lowest BCUT2D eigenvalue weighted by Crippen LogP contribution is -2.16. The number of rotatable bonds is 4. The average molecular weight is 290 g/mol. The standard InChI is InChI=1S/C16H22N2OS/c1-16(2,3)14-13(10-17-4)20-15(18-14)11-7-6-8-12(9-11)19-5/h6-9,17H,10H2,1-5H3. The van der Waals surface area contributed by atoms with Crippen LogP contribution in [-0.2, 0) is 12.0 Å². The minimum atomic E-state index is 0.0554. The van der Waals surface area contributed by atoms with Crippen LogP contribution >= 0.6 is 11.3 Å². The van der Waals surface area contributed by atoms with Gasteiger partial charge in [-0.3, -0.25) is 0 Å². The molecular formula is C16H22N2OS. The van der Waals surface area contributed by atoms with E-state index >= 15 is 0 Å². The third-order valence-corrected chi connectivity index (χ3v) is 4.17. The zero-order valence-electron chi connectivity index (χ0n) is 12.8. The molecule has 0 aliphatic rings. The highest BCUT2D eigenvalue weighted by atomic mass is 32.1. The molecule has 3 nitrogen and oxygen atoms in total. The van der Waals surface area contributed by atoms with Crippen molar-refractivity contribution in [3.63, 3.8) is 0 Å². The summed E-state index contributed by atoms with van der Waals surface area (Å²) in [7, 11) is 3.66. The first-order chi connectivity index (χ1) is 9.45. The molecule has 1 N–H and O–H groups in total. The lowest BCUT2D eigenvalue weighted by Gasteiger charge is -2.17. The molecule has 0 aliphatic carbocycles. The predicted molar refractivity (Wildman–Crippen MR) is 85.6 cm³/mol. The van der Waals surface area contributed by atoms with Crippen LogP contribution in [0.4, 0.5) is 0 Å². The maximum atomic E-state index is 5.29. The van der Waals surface area contributed by atoms with E-state index in [4.69, 9.17) is 9.72 Å². The second-order valence-corrected chi connectivity index (χ2v) is 6.89. The second kappa shape index (κ2) is 5.94. The van der Waals surface area contributed by atoms with Gasteiger partial charge in [0.15, 0.2) is 0 Å². The predicted octanol–water partition coefficient (Wildman–Crippen LogP) is 3.84. The molecule has 1 heterocycles. The minimum Gasteiger partial charge on any atom is -0.497 e. The fourth-order valence-electron chi connectivity index (χ4n) is 2.10. The number of methoxy groups -OCH3 is 1. The average Bonchev–Trinajstić information content (AvgIpc) is 2.83. The van der Waals surface area contributed by atoms with E-state index in [9.17, 15) is 0 Å². The zero-order valence-corrected chi connectivity index (χ0v) is 13.6. The van der Waals surface area contributed by atoms with Crippen LogP contribution in [0.25, 0.3) is 10.6 Å². The van der Waals surface area contributed by atoms with E-state index in [0.29, 0.717) is 0 Å². The smallest absolute Gasteiger partial charge is 0.124 e. The van der Waals surface area contributed by atoms with Crippen LogP contribution < -0.4 is 10.1 Å². The van der Waals surface area contributed by atoms with Gasteiger partial charge in [0, 0.05) is 22.4 Å². The van der Waals surface area contributed by atoms with Crippen LogP contribution in [-0.4, -0.2) is 19.1 Å². The maximum Gasteiger partial charge on any atom is 0.124 e. The molecule has 2 aromatic rings. The highest BCUT2D eigenvalue weighted by molar-refractivity contribution is 7.15. The number of nitrogens with one attached hydrogen (secondary N) is 1. The molecule has 0 unspecified atom stereocenters. The van der Waals surface area contributed by atoms with Gasteiger partial charge in [-0.1, -0.05) is 32.9 Å². The Balaban J connectivity index is 2.47. The van der Waals surface area contributed by atoms with Crippen molar-refractivity contribution < 1.29 is 4.74 Å². The topological polar surface area (TPSA) is 34.1 Å². The summed E-state index contributed by atoms with van der Waals surface area (Å²) in [4.78, 5) is 6.17. The molecule has 1 aromatic carbocycles. The Labute approximate surface area is 125 Å². The van der Waals surface area contributed by atoms with Gasteiger partial charge in [-0.05, 0) is 19.2 Å². The van der Waals surface area contributed by atoms with E-state index in [1.165, 1.54) is 10.6 Å². The van der Waals surface area contributed by atoms with Gasteiger partial charge in [0.1, 0.15) is 10.8 Å². The SMILES string of the molecule is CNCc1sc(-c2cccc(OC)c2)nc1C(C)(C)C. The second-order valence-electron chi connectivity index (χ2n) is 5.80. The Morgan fingerprint density at radius 2 is 2.05 bits per heavy atom. The fraction of sp³-hybridized carbons (Fsp3) is 0.438. The van der Waals surface area contributed by atoms with E-state index in [1.54, 1.807) is 18.4 Å². The van der Waals surface area contributed by atoms with E-state index in [1.807, 2.05) is 25.2 Å². The molecule has 0 atom stereocenters. The summed E-state index contributed by atoms with van der Waals surface area (Å²) in [6, 6.07) is 8.08. The molecule has 2 rings (SSSR count). The van der Waals surface area contributed by atoms with E-state index in [0.717, 1.165) is 22.9 Å². The van der Waals surface area contributed by atoms with Crippen LogP contribution in [0, 0.1) is 0 Å². The quantitative estimate of drug-likeness (QED) is 0.929. The Hall–Kier alpha value is -1.39. The highest BCUT2D eigenvalue weighted by Gasteiger charge is 2.23. The summed E-state index contributed by atoms with van der Waals surface area (Å²) in [6.45, 7) is 7.47. The van der Waals surface area contributed by atoms with Gasteiger partial charge in [0.05, 0.1) is 12.8 Å². The van der Waals surface area contributed by atoms with Crippen molar-refractivity contribution in [1.29, 1.82) is 0 Å². The Morgan fingerprint density at radius 3 is 2.65 bits per heavy atom. The van der Waals surface area contributed by atoms with Crippen LogP contribution in [0.5, 0.6) is 5.75 Å². The van der Waals surface area contributed by atoms with E-state index in [2.05, 4.69) is 32.2 Å². The number of hydrogen-bond donors (Lipinski definition) is 1. The van der Waals surface area contributed by atoms with Gasteiger partial charge in [0.2, 0.25) is 0 Å². The molecule has 4 heteroatoms. The summed E-state index contributed by atoms with van der Waals surface area (Å²) >= 11 is 1.75. The Morgan fingerprint density at radius 1 is 1.30 bits per heavy atom. The molecule has 0 aliphatic heterocycles. The third-order valence-electron chi connectivity index (χ3n) is 3.06. The summed E-state index contributed by atoms with van der Waals surface area (Å²) in [5.74, 6) is 0.866. The molecule has 108 valence electrons. The first-order valence-corrected chi connectivity index (χ1v) is 7.56. The molecule has 0 spiro atoms. The normalized spacial score (nSPS) is 11.7. The van der Waals surface area contributed by atoms with Crippen molar-refractivity contribution in [3.05, 3.63) is 34.8 Å². The largest absolute Gasteiger partial charge is 0.497 e. The molecule has 0 saturated heterocycles. The van der Waals surface area contributed by atoms with Gasteiger partial charge in [-0.2, -0.15) is 0 Å². The van der Waals surface area contributed by atoms with Crippen molar-refractivity contribution >= 4 is 11.3 Å². The van der Waals surface area contributed by atoms with Crippen molar-refractivity contribution in [1.82, 2.24) is 10.3 Å². The molecule has 0 radical (unpaired) electrons.